The fourth-order valence-corrected chi connectivity index (χ4v) is 2.65. The van der Waals surface area contributed by atoms with Crippen LogP contribution in [-0.4, -0.2) is 25.8 Å². The van der Waals surface area contributed by atoms with Crippen molar-refractivity contribution < 1.29 is 14.6 Å². The number of benzene rings is 2. The summed E-state index contributed by atoms with van der Waals surface area (Å²) in [7, 11) is 0. The van der Waals surface area contributed by atoms with E-state index in [1.807, 2.05) is 48.5 Å². The summed E-state index contributed by atoms with van der Waals surface area (Å²) < 4.78 is 7.50. The third-order valence-electron chi connectivity index (χ3n) is 4.00. The Balaban J connectivity index is 1.61. The van der Waals surface area contributed by atoms with Crippen LogP contribution in [0, 0.1) is 11.8 Å². The fraction of sp³-hybridized carbons (Fsp3) is 0.190. The van der Waals surface area contributed by atoms with Gasteiger partial charge in [0.1, 0.15) is 25.0 Å². The van der Waals surface area contributed by atoms with E-state index in [1.54, 1.807) is 17.9 Å². The average molecular weight is 361 g/mol. The van der Waals surface area contributed by atoms with Crippen LogP contribution in [0.3, 0.4) is 0 Å². The summed E-state index contributed by atoms with van der Waals surface area (Å²) in [6.45, 7) is 2.14. The van der Waals surface area contributed by atoms with Gasteiger partial charge in [-0.1, -0.05) is 30.2 Å². The monoisotopic (exact) mass is 361 g/mol. The van der Waals surface area contributed by atoms with E-state index in [4.69, 9.17) is 9.84 Å². The number of nitrogens with zero attached hydrogens (tertiary/aromatic N) is 3. The molecule has 6 heteroatoms. The maximum Gasteiger partial charge on any atom is 0.304 e. The second-order valence-corrected chi connectivity index (χ2v) is 5.91. The highest BCUT2D eigenvalue weighted by Crippen LogP contribution is 2.22. The van der Waals surface area contributed by atoms with Gasteiger partial charge in [0.05, 0.1) is 18.0 Å². The molecule has 0 aliphatic heterocycles. The second kappa shape index (κ2) is 8.68. The lowest BCUT2D eigenvalue weighted by atomic mass is 9.96. The van der Waals surface area contributed by atoms with Gasteiger partial charge in [0.25, 0.3) is 0 Å². The molecule has 3 rings (SSSR count). The van der Waals surface area contributed by atoms with Crippen LogP contribution in [0.5, 0.6) is 5.75 Å². The summed E-state index contributed by atoms with van der Waals surface area (Å²) in [5, 5.41) is 13.1. The van der Waals surface area contributed by atoms with Crippen LogP contribution in [0.25, 0.3) is 5.69 Å². The van der Waals surface area contributed by atoms with Gasteiger partial charge in [-0.05, 0) is 42.3 Å². The minimum atomic E-state index is -0.864. The SMILES string of the molecule is CC#CC(CC(=O)O)c1ccc(OCc2ccc(-n3cncn3)cc2)cc1. The molecule has 27 heavy (non-hydrogen) atoms. The molecule has 1 heterocycles. The number of hydrogen-bond donors (Lipinski definition) is 1. The van der Waals surface area contributed by atoms with Gasteiger partial charge in [-0.3, -0.25) is 4.79 Å². The van der Waals surface area contributed by atoms with Crippen molar-refractivity contribution in [1.29, 1.82) is 0 Å². The van der Waals surface area contributed by atoms with Crippen molar-refractivity contribution in [3.63, 3.8) is 0 Å². The predicted octanol–water partition coefficient (Wildman–Crippen LogP) is 3.43. The first-order valence-corrected chi connectivity index (χ1v) is 8.46. The van der Waals surface area contributed by atoms with Crippen LogP contribution in [0.2, 0.25) is 0 Å². The van der Waals surface area contributed by atoms with E-state index >= 15 is 0 Å². The van der Waals surface area contributed by atoms with Gasteiger partial charge in [-0.25, -0.2) is 9.67 Å². The third kappa shape index (κ3) is 4.95. The lowest BCUT2D eigenvalue weighted by Gasteiger charge is -2.11. The van der Waals surface area contributed by atoms with Gasteiger partial charge in [-0.2, -0.15) is 5.10 Å². The third-order valence-corrected chi connectivity index (χ3v) is 4.00. The highest BCUT2D eigenvalue weighted by molar-refractivity contribution is 5.69. The van der Waals surface area contributed by atoms with Crippen molar-refractivity contribution in [3.8, 4) is 23.3 Å². The van der Waals surface area contributed by atoms with Crippen LogP contribution in [0.1, 0.15) is 30.4 Å². The summed E-state index contributed by atoms with van der Waals surface area (Å²) in [5.41, 5.74) is 2.84. The summed E-state index contributed by atoms with van der Waals surface area (Å²) >= 11 is 0. The van der Waals surface area contributed by atoms with Crippen LogP contribution in [-0.2, 0) is 11.4 Å². The number of carboxylic acids is 1. The number of aliphatic carboxylic acids is 1. The molecule has 3 aromatic rings. The number of carbonyl (C=O) groups is 1. The number of hydrogen-bond acceptors (Lipinski definition) is 4. The number of rotatable bonds is 7. The van der Waals surface area contributed by atoms with Crippen LogP contribution < -0.4 is 4.74 Å². The Labute approximate surface area is 157 Å². The Morgan fingerprint density at radius 3 is 2.52 bits per heavy atom. The smallest absolute Gasteiger partial charge is 0.304 e. The zero-order valence-corrected chi connectivity index (χ0v) is 14.9. The standard InChI is InChI=1S/C21H19N3O3/c1-2-3-18(12-21(25)26)17-6-10-20(11-7-17)27-13-16-4-8-19(9-5-16)24-15-22-14-23-24/h4-11,14-15,18H,12-13H2,1H3,(H,25,26). The number of ether oxygens (including phenoxy) is 1. The normalized spacial score (nSPS) is 11.3. The summed E-state index contributed by atoms with van der Waals surface area (Å²) in [4.78, 5) is 14.9. The van der Waals surface area contributed by atoms with Crippen molar-refractivity contribution in [2.24, 2.45) is 0 Å². The van der Waals surface area contributed by atoms with E-state index in [2.05, 4.69) is 21.9 Å². The van der Waals surface area contributed by atoms with Crippen molar-refractivity contribution >= 4 is 5.97 Å². The quantitative estimate of drug-likeness (QED) is 0.653. The Kier molecular flexibility index (Phi) is 5.85. The van der Waals surface area contributed by atoms with E-state index in [0.29, 0.717) is 6.61 Å². The fourth-order valence-electron chi connectivity index (χ4n) is 2.65. The van der Waals surface area contributed by atoms with Crippen molar-refractivity contribution in [2.45, 2.75) is 25.9 Å². The molecule has 136 valence electrons. The minimum absolute atomic E-state index is 0.0147. The topological polar surface area (TPSA) is 77.2 Å². The molecule has 1 aromatic heterocycles. The molecular formula is C21H19N3O3. The second-order valence-electron chi connectivity index (χ2n) is 5.91. The van der Waals surface area contributed by atoms with E-state index in [9.17, 15) is 4.79 Å². The minimum Gasteiger partial charge on any atom is -0.489 e. The van der Waals surface area contributed by atoms with Crippen LogP contribution >= 0.6 is 0 Å². The summed E-state index contributed by atoms with van der Waals surface area (Å²) in [6.07, 6.45) is 3.13. The summed E-state index contributed by atoms with van der Waals surface area (Å²) in [5.74, 6) is 5.28. The van der Waals surface area contributed by atoms with Gasteiger partial charge >= 0.3 is 5.97 Å². The van der Waals surface area contributed by atoms with Gasteiger partial charge in [0, 0.05) is 0 Å². The zero-order chi connectivity index (χ0) is 19.1. The van der Waals surface area contributed by atoms with Gasteiger partial charge in [-0.15, -0.1) is 5.92 Å². The van der Waals surface area contributed by atoms with E-state index in [-0.39, 0.29) is 12.3 Å². The van der Waals surface area contributed by atoms with E-state index in [1.165, 1.54) is 6.33 Å². The molecule has 1 N–H and O–H groups in total. The van der Waals surface area contributed by atoms with Gasteiger partial charge in [0.2, 0.25) is 0 Å². The zero-order valence-electron chi connectivity index (χ0n) is 14.9. The number of aromatic nitrogens is 3. The van der Waals surface area contributed by atoms with Crippen LogP contribution in [0.15, 0.2) is 61.2 Å². The molecule has 0 radical (unpaired) electrons. The number of carboxylic acid groups (broad SMARTS) is 1. The Morgan fingerprint density at radius 2 is 1.93 bits per heavy atom. The molecule has 0 aliphatic rings. The molecule has 0 saturated heterocycles. The summed E-state index contributed by atoms with van der Waals surface area (Å²) in [6, 6.07) is 15.3. The van der Waals surface area contributed by atoms with E-state index < -0.39 is 5.97 Å². The van der Waals surface area contributed by atoms with Gasteiger partial charge in [0.15, 0.2) is 0 Å². The molecule has 1 atom stereocenters. The largest absolute Gasteiger partial charge is 0.489 e. The molecule has 0 bridgehead atoms. The Morgan fingerprint density at radius 1 is 1.19 bits per heavy atom. The Hall–Kier alpha value is -3.59. The van der Waals surface area contributed by atoms with Crippen molar-refractivity contribution in [3.05, 3.63) is 72.3 Å². The molecule has 0 aliphatic carbocycles. The molecule has 0 fully saturated rings. The lowest BCUT2D eigenvalue weighted by molar-refractivity contribution is -0.137. The van der Waals surface area contributed by atoms with Crippen LogP contribution in [0.4, 0.5) is 0 Å². The van der Waals surface area contributed by atoms with Crippen molar-refractivity contribution in [2.75, 3.05) is 0 Å². The highest BCUT2D eigenvalue weighted by atomic mass is 16.5. The van der Waals surface area contributed by atoms with Crippen molar-refractivity contribution in [1.82, 2.24) is 14.8 Å². The molecule has 1 unspecified atom stereocenters. The average Bonchev–Trinajstić information content (AvgIpc) is 3.21. The Bertz CT molecular complexity index is 937. The molecule has 2 aromatic carbocycles. The molecular weight excluding hydrogens is 342 g/mol. The molecule has 6 nitrogen and oxygen atoms in total. The molecule has 0 saturated carbocycles. The maximum atomic E-state index is 11.0. The first kappa shape index (κ1) is 18.2. The van der Waals surface area contributed by atoms with Gasteiger partial charge < -0.3 is 9.84 Å². The van der Waals surface area contributed by atoms with E-state index in [0.717, 1.165) is 22.6 Å². The molecule has 0 amide bonds. The predicted molar refractivity (Wildman–Crippen MR) is 101 cm³/mol. The molecule has 0 spiro atoms. The first-order chi connectivity index (χ1) is 13.2. The highest BCUT2D eigenvalue weighted by Gasteiger charge is 2.13. The first-order valence-electron chi connectivity index (χ1n) is 8.46. The lowest BCUT2D eigenvalue weighted by Crippen LogP contribution is -2.04. The maximum absolute atomic E-state index is 11.0.